The highest BCUT2D eigenvalue weighted by Gasteiger charge is 2.35. The van der Waals surface area contributed by atoms with E-state index in [1.807, 2.05) is 30.3 Å². The third kappa shape index (κ3) is 5.94. The van der Waals surface area contributed by atoms with E-state index in [-0.39, 0.29) is 6.10 Å². The van der Waals surface area contributed by atoms with Crippen molar-refractivity contribution < 1.29 is 19.4 Å². The van der Waals surface area contributed by atoms with E-state index in [1.54, 1.807) is 0 Å². The summed E-state index contributed by atoms with van der Waals surface area (Å²) in [5, 5.41) is 9.56. The molecule has 7 nitrogen and oxygen atoms in total. The molecule has 6 rings (SSSR count). The molecule has 3 aliphatic rings. The Morgan fingerprint density at radius 3 is 2.25 bits per heavy atom. The summed E-state index contributed by atoms with van der Waals surface area (Å²) < 4.78 is 4.96. The first-order valence-corrected chi connectivity index (χ1v) is 14.6. The lowest BCUT2D eigenvalue weighted by Crippen LogP contribution is -2.38. The molecule has 3 heterocycles. The highest BCUT2D eigenvalue weighted by molar-refractivity contribution is 6.31. The zero-order valence-corrected chi connectivity index (χ0v) is 23.2. The Morgan fingerprint density at radius 1 is 0.850 bits per heavy atom. The summed E-state index contributed by atoms with van der Waals surface area (Å²) in [6.45, 7) is 3.09. The largest absolute Gasteiger partial charge is 0.506 e. The first-order chi connectivity index (χ1) is 19.4. The number of nitrogens with zero attached hydrogens (tertiary/aromatic N) is 3. The predicted octanol–water partition coefficient (Wildman–Crippen LogP) is 6.85. The van der Waals surface area contributed by atoms with Gasteiger partial charge in [0.05, 0.1) is 5.69 Å². The van der Waals surface area contributed by atoms with E-state index in [4.69, 9.17) is 26.4 Å². The van der Waals surface area contributed by atoms with Gasteiger partial charge in [-0.1, -0.05) is 48.0 Å². The third-order valence-corrected chi connectivity index (χ3v) is 8.69. The lowest BCUT2D eigenvalue weighted by Gasteiger charge is -2.32. The van der Waals surface area contributed by atoms with E-state index in [1.165, 1.54) is 5.56 Å². The monoisotopic (exact) mass is 559 g/mol. The molecule has 8 heteroatoms. The Balaban J connectivity index is 1.18. The van der Waals surface area contributed by atoms with Crippen LogP contribution >= 0.6 is 11.6 Å². The molecule has 2 aliphatic heterocycles. The van der Waals surface area contributed by atoms with Gasteiger partial charge < -0.3 is 19.6 Å². The molecule has 0 atom stereocenters. The van der Waals surface area contributed by atoms with Crippen molar-refractivity contribution >= 4 is 29.5 Å². The van der Waals surface area contributed by atoms with Crippen molar-refractivity contribution in [1.82, 2.24) is 9.88 Å². The van der Waals surface area contributed by atoms with Crippen molar-refractivity contribution in [3.63, 3.8) is 0 Å². The molecule has 2 saturated heterocycles. The van der Waals surface area contributed by atoms with Gasteiger partial charge in [0.15, 0.2) is 0 Å². The quantitative estimate of drug-likeness (QED) is 0.333. The SMILES string of the molecule is O=C(O)OC1CCN(c2cccc(-c3cc(Cl)ccc3-c3ccc(C4CCN(C(=O)C5CC5)CC4)cc3)n2)CC1. The normalized spacial score (nSPS) is 18.5. The first kappa shape index (κ1) is 26.6. The zero-order valence-electron chi connectivity index (χ0n) is 22.5. The number of rotatable bonds is 6. The van der Waals surface area contributed by atoms with Gasteiger partial charge in [-0.15, -0.1) is 0 Å². The summed E-state index contributed by atoms with van der Waals surface area (Å²) in [6, 6.07) is 20.8. The Kier molecular flexibility index (Phi) is 7.65. The van der Waals surface area contributed by atoms with Crippen LogP contribution in [0.25, 0.3) is 22.4 Å². The second-order valence-corrected chi connectivity index (χ2v) is 11.6. The van der Waals surface area contributed by atoms with Crippen LogP contribution in [0.2, 0.25) is 5.02 Å². The van der Waals surface area contributed by atoms with Crippen LogP contribution in [-0.2, 0) is 9.53 Å². The number of hydrogen-bond donors (Lipinski definition) is 1. The van der Waals surface area contributed by atoms with Gasteiger partial charge in [-0.3, -0.25) is 4.79 Å². The molecule has 0 spiro atoms. The molecule has 1 aliphatic carbocycles. The fraction of sp³-hybridized carbons (Fsp3) is 0.406. The van der Waals surface area contributed by atoms with E-state index < -0.39 is 6.16 Å². The second kappa shape index (κ2) is 11.5. The van der Waals surface area contributed by atoms with Gasteiger partial charge in [0.25, 0.3) is 0 Å². The maximum atomic E-state index is 12.4. The molecule has 2 aromatic carbocycles. The van der Waals surface area contributed by atoms with Crippen molar-refractivity contribution in [1.29, 1.82) is 0 Å². The minimum atomic E-state index is -1.22. The second-order valence-electron chi connectivity index (χ2n) is 11.1. The van der Waals surface area contributed by atoms with Crippen molar-refractivity contribution in [2.24, 2.45) is 5.92 Å². The number of anilines is 1. The number of aromatic nitrogens is 1. The first-order valence-electron chi connectivity index (χ1n) is 14.3. The van der Waals surface area contributed by atoms with Crippen molar-refractivity contribution in [3.8, 4) is 22.4 Å². The number of pyridine rings is 1. The molecule has 1 N–H and O–H groups in total. The number of hydrogen-bond acceptors (Lipinski definition) is 5. The number of likely N-dealkylation sites (tertiary alicyclic amines) is 1. The number of piperidine rings is 2. The van der Waals surface area contributed by atoms with Crippen molar-refractivity contribution in [2.45, 2.75) is 50.5 Å². The standard InChI is InChI=1S/C32H34ClN3O4/c33-25-10-11-27(23-6-4-21(5-7-23)22-12-16-36(17-13-22)31(37)24-8-9-24)28(20-25)29-2-1-3-30(34-29)35-18-14-26(15-19-35)40-32(38)39/h1-7,10-11,20,22,24,26H,8-9,12-19H2,(H,38,39). The number of benzene rings is 2. The van der Waals surface area contributed by atoms with Crippen LogP contribution in [0.3, 0.4) is 0 Å². The Hall–Kier alpha value is -3.58. The number of halogens is 1. The van der Waals surface area contributed by atoms with Gasteiger partial charge in [0.1, 0.15) is 11.9 Å². The summed E-state index contributed by atoms with van der Waals surface area (Å²) in [6.07, 6.45) is 3.96. The van der Waals surface area contributed by atoms with Crippen LogP contribution < -0.4 is 4.90 Å². The summed E-state index contributed by atoms with van der Waals surface area (Å²) in [4.78, 5) is 32.5. The molecular weight excluding hydrogens is 526 g/mol. The van der Waals surface area contributed by atoms with Gasteiger partial charge in [-0.25, -0.2) is 9.78 Å². The molecule has 3 fully saturated rings. The van der Waals surface area contributed by atoms with E-state index >= 15 is 0 Å². The van der Waals surface area contributed by atoms with Crippen LogP contribution in [0.4, 0.5) is 10.6 Å². The molecular formula is C32H34ClN3O4. The molecule has 0 unspecified atom stereocenters. The maximum absolute atomic E-state index is 12.4. The minimum absolute atomic E-state index is 0.266. The smallest absolute Gasteiger partial charge is 0.450 e. The lowest BCUT2D eigenvalue weighted by molar-refractivity contribution is -0.133. The summed E-state index contributed by atoms with van der Waals surface area (Å²) in [7, 11) is 0. The molecule has 3 aromatic rings. The lowest BCUT2D eigenvalue weighted by atomic mass is 9.88. The van der Waals surface area contributed by atoms with Crippen molar-refractivity contribution in [3.05, 3.63) is 71.2 Å². The molecule has 0 radical (unpaired) electrons. The number of ether oxygens (including phenoxy) is 1. The third-order valence-electron chi connectivity index (χ3n) is 8.45. The topological polar surface area (TPSA) is 83.0 Å². The summed E-state index contributed by atoms with van der Waals surface area (Å²) >= 11 is 6.46. The van der Waals surface area contributed by atoms with Crippen LogP contribution in [0.15, 0.2) is 60.7 Å². The molecule has 1 aromatic heterocycles. The van der Waals surface area contributed by atoms with Crippen LogP contribution in [0.1, 0.15) is 50.0 Å². The van der Waals surface area contributed by atoms with Crippen LogP contribution in [0, 0.1) is 5.92 Å². The number of carbonyl (C=O) groups is 2. The van der Waals surface area contributed by atoms with Crippen molar-refractivity contribution in [2.75, 3.05) is 31.1 Å². The maximum Gasteiger partial charge on any atom is 0.506 e. The van der Waals surface area contributed by atoms with E-state index in [0.29, 0.717) is 48.7 Å². The predicted molar refractivity (Wildman–Crippen MR) is 156 cm³/mol. The molecule has 1 saturated carbocycles. The Bertz CT molecular complexity index is 1380. The summed E-state index contributed by atoms with van der Waals surface area (Å²) in [5.74, 6) is 1.99. The van der Waals surface area contributed by atoms with Crippen LogP contribution in [0.5, 0.6) is 0 Å². The van der Waals surface area contributed by atoms with E-state index in [0.717, 1.165) is 67.0 Å². The Labute approximate surface area is 239 Å². The average molecular weight is 560 g/mol. The van der Waals surface area contributed by atoms with E-state index in [2.05, 4.69) is 40.1 Å². The van der Waals surface area contributed by atoms with Gasteiger partial charge in [-0.2, -0.15) is 0 Å². The number of carboxylic acid groups (broad SMARTS) is 1. The van der Waals surface area contributed by atoms with Gasteiger partial charge in [-0.05, 0) is 72.6 Å². The number of carbonyl (C=O) groups excluding carboxylic acids is 1. The molecule has 1 amide bonds. The molecule has 208 valence electrons. The number of amides is 1. The van der Waals surface area contributed by atoms with Gasteiger partial charge >= 0.3 is 6.16 Å². The average Bonchev–Trinajstić information content (AvgIpc) is 3.83. The molecule has 40 heavy (non-hydrogen) atoms. The van der Waals surface area contributed by atoms with Gasteiger partial charge in [0.2, 0.25) is 5.91 Å². The zero-order chi connectivity index (χ0) is 27.6. The fourth-order valence-corrected chi connectivity index (χ4v) is 6.20. The Morgan fingerprint density at radius 2 is 1.57 bits per heavy atom. The van der Waals surface area contributed by atoms with E-state index in [9.17, 15) is 9.59 Å². The minimum Gasteiger partial charge on any atom is -0.450 e. The highest BCUT2D eigenvalue weighted by atomic mass is 35.5. The van der Waals surface area contributed by atoms with Gasteiger partial charge in [0, 0.05) is 55.5 Å². The fourth-order valence-electron chi connectivity index (χ4n) is 6.03. The molecule has 0 bridgehead atoms. The van der Waals surface area contributed by atoms with Crippen LogP contribution in [-0.4, -0.2) is 59.3 Å². The summed E-state index contributed by atoms with van der Waals surface area (Å²) in [5.41, 5.74) is 5.32. The highest BCUT2D eigenvalue weighted by Crippen LogP contribution is 2.37.